The Morgan fingerprint density at radius 2 is 2.07 bits per heavy atom. The van der Waals surface area contributed by atoms with E-state index in [2.05, 4.69) is 4.74 Å². The smallest absolute Gasteiger partial charge is 0.503 e. The van der Waals surface area contributed by atoms with E-state index in [4.69, 9.17) is 10.8 Å². The van der Waals surface area contributed by atoms with Crippen LogP contribution >= 0.6 is 0 Å². The van der Waals surface area contributed by atoms with Crippen LogP contribution in [0.3, 0.4) is 0 Å². The van der Waals surface area contributed by atoms with Gasteiger partial charge in [-0.1, -0.05) is 0 Å². The Morgan fingerprint density at radius 3 is 2.57 bits per heavy atom. The van der Waals surface area contributed by atoms with Crippen LogP contribution in [0.5, 0.6) is 11.6 Å². The molecule has 78 valence electrons. The fourth-order valence-electron chi connectivity index (χ4n) is 0.718. The molecule has 0 amide bonds. The van der Waals surface area contributed by atoms with Crippen LogP contribution < -0.4 is 16.0 Å². The molecule has 0 fully saturated rings. The van der Waals surface area contributed by atoms with E-state index < -0.39 is 29.2 Å². The summed E-state index contributed by atoms with van der Waals surface area (Å²) in [6.45, 7) is 0. The first kappa shape index (κ1) is 10.2. The van der Waals surface area contributed by atoms with Crippen molar-refractivity contribution in [1.29, 1.82) is 0 Å². The minimum absolute atomic E-state index is 0.514. The highest BCUT2D eigenvalue weighted by Crippen LogP contribution is 2.26. The van der Waals surface area contributed by atoms with Crippen LogP contribution in [0.15, 0.2) is 10.9 Å². The molecule has 0 aliphatic carbocycles. The lowest BCUT2D eigenvalue weighted by Gasteiger charge is -2.09. The van der Waals surface area contributed by atoms with Crippen molar-refractivity contribution in [2.75, 3.05) is 5.73 Å². The Labute approximate surface area is 74.9 Å². The molecule has 1 aromatic rings. The minimum atomic E-state index is -4.95. The number of nitrogens with two attached hydrogens (primary N) is 1. The summed E-state index contributed by atoms with van der Waals surface area (Å²) in [7, 11) is 0. The predicted molar refractivity (Wildman–Crippen MR) is 39.8 cm³/mol. The van der Waals surface area contributed by atoms with Gasteiger partial charge in [0, 0.05) is 6.07 Å². The van der Waals surface area contributed by atoms with E-state index in [0.29, 0.717) is 6.07 Å². The monoisotopic (exact) mass is 210 g/mol. The summed E-state index contributed by atoms with van der Waals surface area (Å²) in [4.78, 5) is 12.3. The van der Waals surface area contributed by atoms with Gasteiger partial charge in [-0.15, -0.1) is 13.2 Å². The molecule has 1 heterocycles. The molecule has 0 bridgehead atoms. The molecule has 0 aromatic carbocycles. The van der Waals surface area contributed by atoms with Crippen molar-refractivity contribution in [3.8, 4) is 11.6 Å². The first-order valence-corrected chi connectivity index (χ1v) is 3.27. The van der Waals surface area contributed by atoms with Gasteiger partial charge >= 0.3 is 6.36 Å². The molecule has 1 rings (SSSR count). The van der Waals surface area contributed by atoms with Crippen LogP contribution in [0.25, 0.3) is 0 Å². The van der Waals surface area contributed by atoms with Gasteiger partial charge in [-0.05, 0) is 0 Å². The van der Waals surface area contributed by atoms with Gasteiger partial charge in [0.2, 0.25) is 5.88 Å². The fourth-order valence-corrected chi connectivity index (χ4v) is 0.718. The molecule has 0 atom stereocenters. The van der Waals surface area contributed by atoms with Crippen molar-refractivity contribution < 1.29 is 23.0 Å². The van der Waals surface area contributed by atoms with E-state index in [1.807, 2.05) is 0 Å². The van der Waals surface area contributed by atoms with Gasteiger partial charge in [0.1, 0.15) is 0 Å². The zero-order valence-electron chi connectivity index (χ0n) is 6.55. The maximum atomic E-state index is 11.7. The summed E-state index contributed by atoms with van der Waals surface area (Å²) < 4.78 is 38.5. The van der Waals surface area contributed by atoms with Gasteiger partial charge in [-0.3, -0.25) is 9.78 Å². The summed E-state index contributed by atoms with van der Waals surface area (Å²) in [6, 6.07) is 0.667. The van der Waals surface area contributed by atoms with Gasteiger partial charge in [-0.2, -0.15) is 0 Å². The lowest BCUT2D eigenvalue weighted by atomic mass is 10.4. The van der Waals surface area contributed by atoms with E-state index in [9.17, 15) is 18.0 Å². The summed E-state index contributed by atoms with van der Waals surface area (Å²) in [5.41, 5.74) is 3.42. The third-order valence-electron chi connectivity index (χ3n) is 1.23. The fraction of sp³-hybridized carbons (Fsp3) is 0.167. The number of aromatic hydroxyl groups is 1. The second-order valence-electron chi connectivity index (χ2n) is 2.32. The number of alkyl halides is 3. The van der Waals surface area contributed by atoms with Crippen molar-refractivity contribution in [3.63, 3.8) is 0 Å². The van der Waals surface area contributed by atoms with Crippen molar-refractivity contribution in [1.82, 2.24) is 4.98 Å². The molecular formula is C6H5F3N2O3. The minimum Gasteiger partial charge on any atom is -0.503 e. The van der Waals surface area contributed by atoms with Gasteiger partial charge in [-0.25, -0.2) is 0 Å². The molecule has 0 radical (unpaired) electrons. The zero-order valence-corrected chi connectivity index (χ0v) is 6.55. The number of ether oxygens (including phenoxy) is 1. The molecule has 0 unspecified atom stereocenters. The molecule has 0 aliphatic heterocycles. The summed E-state index contributed by atoms with van der Waals surface area (Å²) >= 11 is 0. The van der Waals surface area contributed by atoms with Gasteiger partial charge < -0.3 is 15.6 Å². The quantitative estimate of drug-likeness (QED) is 0.631. The third kappa shape index (κ3) is 2.31. The largest absolute Gasteiger partial charge is 0.574 e. The summed E-state index contributed by atoms with van der Waals surface area (Å²) in [5, 5.41) is 8.76. The topological polar surface area (TPSA) is 88.3 Å². The van der Waals surface area contributed by atoms with Crippen LogP contribution in [-0.2, 0) is 0 Å². The van der Waals surface area contributed by atoms with Crippen molar-refractivity contribution in [2.45, 2.75) is 6.36 Å². The highest BCUT2D eigenvalue weighted by molar-refractivity contribution is 5.50. The normalized spacial score (nSPS) is 11.4. The second-order valence-corrected chi connectivity index (χ2v) is 2.32. The Bertz CT molecular complexity index is 398. The number of nitrogens with one attached hydrogen (secondary N) is 1. The third-order valence-corrected chi connectivity index (χ3v) is 1.23. The SMILES string of the molecule is Nc1cc(O)c(=O)[nH]c1OC(F)(F)F. The summed E-state index contributed by atoms with van der Waals surface area (Å²) in [5.74, 6) is -1.72. The molecule has 5 nitrogen and oxygen atoms in total. The average molecular weight is 210 g/mol. The van der Waals surface area contributed by atoms with E-state index in [0.717, 1.165) is 0 Å². The Kier molecular flexibility index (Phi) is 2.28. The van der Waals surface area contributed by atoms with E-state index >= 15 is 0 Å². The average Bonchev–Trinajstić information content (AvgIpc) is 1.97. The molecule has 1 aromatic heterocycles. The molecule has 0 saturated carbocycles. The molecule has 0 saturated heterocycles. The number of aromatic nitrogens is 1. The van der Waals surface area contributed by atoms with Gasteiger partial charge in [0.05, 0.1) is 5.69 Å². The van der Waals surface area contributed by atoms with Gasteiger partial charge in [0.15, 0.2) is 5.75 Å². The highest BCUT2D eigenvalue weighted by Gasteiger charge is 2.32. The Morgan fingerprint density at radius 1 is 1.50 bits per heavy atom. The number of hydrogen-bond acceptors (Lipinski definition) is 4. The predicted octanol–water partition coefficient (Wildman–Crippen LogP) is 0.561. The highest BCUT2D eigenvalue weighted by atomic mass is 19.4. The molecule has 4 N–H and O–H groups in total. The summed E-state index contributed by atoms with van der Waals surface area (Å²) in [6.07, 6.45) is -4.95. The molecule has 0 aliphatic rings. The second kappa shape index (κ2) is 3.13. The van der Waals surface area contributed by atoms with Crippen molar-refractivity contribution in [3.05, 3.63) is 16.4 Å². The van der Waals surface area contributed by atoms with Crippen LogP contribution in [0.1, 0.15) is 0 Å². The molecule has 8 heteroatoms. The Hall–Kier alpha value is -1.86. The zero-order chi connectivity index (χ0) is 10.9. The maximum Gasteiger partial charge on any atom is 0.574 e. The maximum absolute atomic E-state index is 11.7. The number of halogens is 3. The van der Waals surface area contributed by atoms with E-state index in [1.54, 1.807) is 4.98 Å². The number of aromatic amines is 1. The van der Waals surface area contributed by atoms with E-state index in [-0.39, 0.29) is 0 Å². The number of anilines is 1. The van der Waals surface area contributed by atoms with Crippen LogP contribution in [0.4, 0.5) is 18.9 Å². The van der Waals surface area contributed by atoms with Crippen LogP contribution in [0.2, 0.25) is 0 Å². The number of pyridine rings is 1. The van der Waals surface area contributed by atoms with E-state index in [1.165, 1.54) is 0 Å². The van der Waals surface area contributed by atoms with Crippen molar-refractivity contribution in [2.24, 2.45) is 0 Å². The number of rotatable bonds is 1. The standard InChI is InChI=1S/C6H5F3N2O3/c7-6(8,9)14-5-2(10)1-3(12)4(13)11-5/h1,12H,10H2,(H,11,13). The van der Waals surface area contributed by atoms with Gasteiger partial charge in [0.25, 0.3) is 5.56 Å². The molecule has 14 heavy (non-hydrogen) atoms. The first-order chi connectivity index (χ1) is 6.29. The lowest BCUT2D eigenvalue weighted by molar-refractivity contribution is -0.275. The Balaban J connectivity index is 3.11. The van der Waals surface area contributed by atoms with Crippen molar-refractivity contribution >= 4 is 5.69 Å². The number of H-pyrrole nitrogens is 1. The van der Waals surface area contributed by atoms with Crippen LogP contribution in [-0.4, -0.2) is 16.5 Å². The number of hydrogen-bond donors (Lipinski definition) is 3. The lowest BCUT2D eigenvalue weighted by Crippen LogP contribution is -2.21. The first-order valence-electron chi connectivity index (χ1n) is 3.27. The molecular weight excluding hydrogens is 205 g/mol. The van der Waals surface area contributed by atoms with Crippen LogP contribution in [0, 0.1) is 0 Å². The number of nitrogen functional groups attached to an aromatic ring is 1. The molecule has 0 spiro atoms.